The van der Waals surface area contributed by atoms with Crippen LogP contribution in [0.5, 0.6) is 5.75 Å². The zero-order valence-corrected chi connectivity index (χ0v) is 7.11. The monoisotopic (exact) mass is 189 g/mol. The van der Waals surface area contributed by atoms with E-state index in [4.69, 9.17) is 27.9 Å². The third-order valence-corrected chi connectivity index (χ3v) is 2.12. The predicted octanol–water partition coefficient (Wildman–Crippen LogP) is 2.32. The molecule has 2 rings (SSSR count). The van der Waals surface area contributed by atoms with Gasteiger partial charge < -0.3 is 4.74 Å². The van der Waals surface area contributed by atoms with Crippen molar-refractivity contribution in [3.8, 4) is 5.75 Å². The number of pyridine rings is 1. The molecular weight excluding hydrogens is 185 g/mol. The van der Waals surface area contributed by atoms with Gasteiger partial charge in [-0.25, -0.2) is 4.98 Å². The van der Waals surface area contributed by atoms with Gasteiger partial charge in [-0.2, -0.15) is 0 Å². The summed E-state index contributed by atoms with van der Waals surface area (Å²) in [6.45, 7) is 0.678. The number of hydrogen-bond acceptors (Lipinski definition) is 2. The Balaban J connectivity index is 2.60. The molecular formula is C7H5Cl2NO. The summed E-state index contributed by atoms with van der Waals surface area (Å²) in [6, 6.07) is 1.69. The lowest BCUT2D eigenvalue weighted by atomic mass is 10.2. The molecule has 0 saturated carbocycles. The Hall–Kier alpha value is -0.470. The molecule has 4 heteroatoms. The first kappa shape index (κ1) is 7.19. The second-order valence-corrected chi connectivity index (χ2v) is 3.06. The van der Waals surface area contributed by atoms with E-state index in [-0.39, 0.29) is 0 Å². The molecule has 1 aromatic rings. The molecule has 0 atom stereocenters. The summed E-state index contributed by atoms with van der Waals surface area (Å²) in [6.07, 6.45) is 0.832. The van der Waals surface area contributed by atoms with E-state index in [0.717, 1.165) is 17.7 Å². The number of halogens is 2. The lowest BCUT2D eigenvalue weighted by molar-refractivity contribution is 0.356. The maximum atomic E-state index is 5.80. The molecule has 58 valence electrons. The van der Waals surface area contributed by atoms with Crippen LogP contribution in [0.15, 0.2) is 6.07 Å². The van der Waals surface area contributed by atoms with Gasteiger partial charge in [-0.1, -0.05) is 23.2 Å². The molecule has 0 N–H and O–H groups in total. The van der Waals surface area contributed by atoms with Crippen LogP contribution < -0.4 is 4.74 Å². The molecule has 0 bridgehead atoms. The first-order chi connectivity index (χ1) is 5.27. The highest BCUT2D eigenvalue weighted by Crippen LogP contribution is 2.32. The van der Waals surface area contributed by atoms with Gasteiger partial charge in [0.2, 0.25) is 0 Å². The van der Waals surface area contributed by atoms with Crippen LogP contribution in [0.1, 0.15) is 5.56 Å². The summed E-state index contributed by atoms with van der Waals surface area (Å²) in [5.41, 5.74) is 0.969. The van der Waals surface area contributed by atoms with Crippen LogP contribution in [0.4, 0.5) is 0 Å². The smallest absolute Gasteiger partial charge is 0.137 e. The lowest BCUT2D eigenvalue weighted by Gasteiger charge is -1.99. The van der Waals surface area contributed by atoms with E-state index in [1.54, 1.807) is 6.07 Å². The van der Waals surface area contributed by atoms with Crippen molar-refractivity contribution in [3.05, 3.63) is 21.9 Å². The van der Waals surface area contributed by atoms with Crippen LogP contribution in [-0.4, -0.2) is 11.6 Å². The van der Waals surface area contributed by atoms with Crippen molar-refractivity contribution in [2.45, 2.75) is 6.42 Å². The minimum Gasteiger partial charge on any atom is -0.493 e. The first-order valence-corrected chi connectivity index (χ1v) is 4.00. The van der Waals surface area contributed by atoms with Gasteiger partial charge >= 0.3 is 0 Å². The Morgan fingerprint density at radius 3 is 3.09 bits per heavy atom. The maximum Gasteiger partial charge on any atom is 0.137 e. The summed E-state index contributed by atoms with van der Waals surface area (Å²) in [7, 11) is 0. The SMILES string of the molecule is Clc1cc2c(c(Cl)n1)CCO2. The molecule has 2 heterocycles. The van der Waals surface area contributed by atoms with Gasteiger partial charge in [0.15, 0.2) is 0 Å². The molecule has 0 fully saturated rings. The Kier molecular flexibility index (Phi) is 1.66. The minimum absolute atomic E-state index is 0.385. The second-order valence-electron chi connectivity index (χ2n) is 2.31. The van der Waals surface area contributed by atoms with Gasteiger partial charge in [0.25, 0.3) is 0 Å². The van der Waals surface area contributed by atoms with Gasteiger partial charge in [0.05, 0.1) is 6.61 Å². The fourth-order valence-corrected chi connectivity index (χ4v) is 1.61. The molecule has 1 aromatic heterocycles. The van der Waals surface area contributed by atoms with Crippen molar-refractivity contribution >= 4 is 23.2 Å². The van der Waals surface area contributed by atoms with E-state index >= 15 is 0 Å². The van der Waals surface area contributed by atoms with Crippen LogP contribution in [-0.2, 0) is 6.42 Å². The summed E-state index contributed by atoms with van der Waals surface area (Å²) >= 11 is 11.5. The normalized spacial score (nSPS) is 14.4. The highest BCUT2D eigenvalue weighted by atomic mass is 35.5. The number of hydrogen-bond donors (Lipinski definition) is 0. The largest absolute Gasteiger partial charge is 0.493 e. The molecule has 11 heavy (non-hydrogen) atoms. The molecule has 2 nitrogen and oxygen atoms in total. The fourth-order valence-electron chi connectivity index (χ4n) is 1.11. The molecule has 0 aliphatic carbocycles. The molecule has 1 aliphatic heterocycles. The Labute approximate surface area is 74.1 Å². The predicted molar refractivity (Wildman–Crippen MR) is 43.5 cm³/mol. The summed E-state index contributed by atoms with van der Waals surface area (Å²) in [5, 5.41) is 0.848. The van der Waals surface area contributed by atoms with Crippen LogP contribution in [0.3, 0.4) is 0 Å². The number of nitrogens with zero attached hydrogens (tertiary/aromatic N) is 1. The Morgan fingerprint density at radius 2 is 2.27 bits per heavy atom. The highest BCUT2D eigenvalue weighted by molar-refractivity contribution is 6.33. The van der Waals surface area contributed by atoms with Crippen molar-refractivity contribution in [3.63, 3.8) is 0 Å². The van der Waals surface area contributed by atoms with Crippen LogP contribution in [0.2, 0.25) is 10.3 Å². The van der Waals surface area contributed by atoms with Crippen molar-refractivity contribution in [1.29, 1.82) is 0 Å². The van der Waals surface area contributed by atoms with E-state index in [2.05, 4.69) is 4.98 Å². The zero-order chi connectivity index (χ0) is 7.84. The quantitative estimate of drug-likeness (QED) is 0.585. The third-order valence-electron chi connectivity index (χ3n) is 1.61. The van der Waals surface area contributed by atoms with Crippen molar-refractivity contribution in [2.24, 2.45) is 0 Å². The van der Waals surface area contributed by atoms with Gasteiger partial charge in [0, 0.05) is 18.1 Å². The lowest BCUT2D eigenvalue weighted by Crippen LogP contribution is -1.85. The van der Waals surface area contributed by atoms with Gasteiger partial charge in [0.1, 0.15) is 16.1 Å². The van der Waals surface area contributed by atoms with Gasteiger partial charge in [-0.05, 0) is 0 Å². The highest BCUT2D eigenvalue weighted by Gasteiger charge is 2.16. The second kappa shape index (κ2) is 2.54. The topological polar surface area (TPSA) is 22.1 Å². The molecule has 0 amide bonds. The van der Waals surface area contributed by atoms with E-state index in [1.807, 2.05) is 0 Å². The van der Waals surface area contributed by atoms with Gasteiger partial charge in [-0.15, -0.1) is 0 Å². The average Bonchev–Trinajstić information content (AvgIpc) is 2.34. The van der Waals surface area contributed by atoms with E-state index in [0.29, 0.717) is 16.9 Å². The first-order valence-electron chi connectivity index (χ1n) is 3.25. The van der Waals surface area contributed by atoms with Gasteiger partial charge in [-0.3, -0.25) is 0 Å². The fraction of sp³-hybridized carbons (Fsp3) is 0.286. The number of ether oxygens (including phenoxy) is 1. The zero-order valence-electron chi connectivity index (χ0n) is 5.60. The Bertz CT molecular complexity index is 301. The summed E-state index contributed by atoms with van der Waals surface area (Å²) in [4.78, 5) is 3.90. The van der Waals surface area contributed by atoms with E-state index in [9.17, 15) is 0 Å². The van der Waals surface area contributed by atoms with E-state index in [1.165, 1.54) is 0 Å². The maximum absolute atomic E-state index is 5.80. The van der Waals surface area contributed by atoms with Crippen LogP contribution in [0, 0.1) is 0 Å². The van der Waals surface area contributed by atoms with E-state index < -0.39 is 0 Å². The molecule has 1 aliphatic rings. The third kappa shape index (κ3) is 1.17. The van der Waals surface area contributed by atoms with Crippen LogP contribution in [0.25, 0.3) is 0 Å². The average molecular weight is 190 g/mol. The van der Waals surface area contributed by atoms with Crippen molar-refractivity contribution < 1.29 is 4.74 Å². The summed E-state index contributed by atoms with van der Waals surface area (Å²) in [5.74, 6) is 0.773. The standard InChI is InChI=1S/C7H5Cl2NO/c8-6-3-5-4(1-2-11-5)7(9)10-6/h3H,1-2H2. The molecule has 0 unspecified atom stereocenters. The Morgan fingerprint density at radius 1 is 1.45 bits per heavy atom. The minimum atomic E-state index is 0.385. The molecule has 0 spiro atoms. The van der Waals surface area contributed by atoms with Crippen molar-refractivity contribution in [2.75, 3.05) is 6.61 Å². The summed E-state index contributed by atoms with van der Waals surface area (Å²) < 4.78 is 5.25. The number of fused-ring (bicyclic) bond motifs is 1. The number of aromatic nitrogens is 1. The van der Waals surface area contributed by atoms with Crippen LogP contribution >= 0.6 is 23.2 Å². The molecule has 0 aromatic carbocycles. The molecule has 0 radical (unpaired) electrons. The van der Waals surface area contributed by atoms with Crippen molar-refractivity contribution in [1.82, 2.24) is 4.98 Å². The number of rotatable bonds is 0. The molecule has 0 saturated heterocycles.